The molecule has 0 aliphatic heterocycles. The van der Waals surface area contributed by atoms with Gasteiger partial charge in [-0.1, -0.05) is 38.1 Å². The molecule has 0 aliphatic rings. The van der Waals surface area contributed by atoms with Gasteiger partial charge < -0.3 is 5.32 Å². The van der Waals surface area contributed by atoms with Crippen LogP contribution in [0.2, 0.25) is 0 Å². The molecule has 6 nitrogen and oxygen atoms in total. The molecule has 0 bridgehead atoms. The molecule has 2 rings (SSSR count). The maximum atomic E-state index is 13.8. The summed E-state index contributed by atoms with van der Waals surface area (Å²) in [6.07, 6.45) is -1.32. The Morgan fingerprint density at radius 2 is 1.79 bits per heavy atom. The Bertz CT molecular complexity index is 832. The van der Waals surface area contributed by atoms with Gasteiger partial charge in [0.15, 0.2) is 5.82 Å². The van der Waals surface area contributed by atoms with Crippen molar-refractivity contribution in [2.75, 3.05) is 6.54 Å². The average molecular weight is 405 g/mol. The van der Waals surface area contributed by atoms with Crippen molar-refractivity contribution in [2.45, 2.75) is 38.5 Å². The van der Waals surface area contributed by atoms with Crippen LogP contribution in [0.15, 0.2) is 42.7 Å². The van der Waals surface area contributed by atoms with E-state index >= 15 is 0 Å². The van der Waals surface area contributed by atoms with E-state index in [1.807, 2.05) is 13.8 Å². The van der Waals surface area contributed by atoms with E-state index in [-0.39, 0.29) is 24.4 Å². The lowest BCUT2D eigenvalue weighted by Gasteiger charge is -2.28. The number of nitriles is 1. The van der Waals surface area contributed by atoms with Crippen molar-refractivity contribution in [3.63, 3.8) is 0 Å². The Hall–Kier alpha value is -2.99. The Labute approximate surface area is 167 Å². The van der Waals surface area contributed by atoms with E-state index < -0.39 is 24.2 Å². The summed E-state index contributed by atoms with van der Waals surface area (Å²) in [5.41, 5.74) is 0.555. The number of alkyl halides is 3. The molecule has 1 aromatic heterocycles. The lowest BCUT2D eigenvalue weighted by atomic mass is 9.99. The second-order valence-corrected chi connectivity index (χ2v) is 6.89. The van der Waals surface area contributed by atoms with Gasteiger partial charge in [-0.15, -0.1) is 0 Å². The molecule has 0 fully saturated rings. The van der Waals surface area contributed by atoms with Crippen LogP contribution < -0.4 is 10.6 Å². The largest absolute Gasteiger partial charge is 0.407 e. The predicted octanol–water partition coefficient (Wildman–Crippen LogP) is 3.39. The number of hydrogen-bond acceptors (Lipinski definition) is 5. The van der Waals surface area contributed by atoms with E-state index in [0.717, 1.165) is 0 Å². The molecule has 0 saturated carbocycles. The Balaban J connectivity index is 2.28. The zero-order valence-electron chi connectivity index (χ0n) is 16.1. The molecule has 0 radical (unpaired) electrons. The molecule has 154 valence electrons. The van der Waals surface area contributed by atoms with Gasteiger partial charge in [0.2, 0.25) is 5.91 Å². The molecule has 0 spiro atoms. The maximum absolute atomic E-state index is 13.8. The summed E-state index contributed by atoms with van der Waals surface area (Å²) in [5.74, 6) is -0.250. The summed E-state index contributed by atoms with van der Waals surface area (Å²) >= 11 is 0. The van der Waals surface area contributed by atoms with Gasteiger partial charge in [-0.05, 0) is 24.0 Å². The first kappa shape index (κ1) is 22.3. The Morgan fingerprint density at radius 3 is 2.31 bits per heavy atom. The van der Waals surface area contributed by atoms with Crippen LogP contribution in [0.1, 0.15) is 31.9 Å². The summed E-state index contributed by atoms with van der Waals surface area (Å²) in [7, 11) is 0. The van der Waals surface area contributed by atoms with Crippen LogP contribution in [0.25, 0.3) is 11.4 Å². The zero-order valence-corrected chi connectivity index (χ0v) is 16.1. The first-order chi connectivity index (χ1) is 13.7. The highest BCUT2D eigenvalue weighted by Gasteiger charge is 2.42. The molecule has 2 aromatic rings. The first-order valence-corrected chi connectivity index (χ1v) is 9.07. The zero-order chi connectivity index (χ0) is 21.4. The number of nitrogens with zero attached hydrogens (tertiary/aromatic N) is 3. The predicted molar refractivity (Wildman–Crippen MR) is 101 cm³/mol. The second-order valence-electron chi connectivity index (χ2n) is 6.89. The topological polar surface area (TPSA) is 90.7 Å². The van der Waals surface area contributed by atoms with E-state index in [1.54, 1.807) is 24.5 Å². The number of rotatable bonds is 8. The molecule has 9 heteroatoms. The molecule has 1 heterocycles. The van der Waals surface area contributed by atoms with E-state index in [0.29, 0.717) is 11.4 Å². The number of aromatic nitrogens is 2. The Kier molecular flexibility index (Phi) is 7.67. The van der Waals surface area contributed by atoms with Crippen LogP contribution in [-0.2, 0) is 4.79 Å². The van der Waals surface area contributed by atoms with Crippen molar-refractivity contribution in [1.29, 1.82) is 5.26 Å². The van der Waals surface area contributed by atoms with Crippen molar-refractivity contribution in [2.24, 2.45) is 5.92 Å². The van der Waals surface area contributed by atoms with Crippen molar-refractivity contribution >= 4 is 5.91 Å². The molecular formula is C20H22F3N5O. The molecule has 1 amide bonds. The summed E-state index contributed by atoms with van der Waals surface area (Å²) in [4.78, 5) is 20.4. The van der Waals surface area contributed by atoms with Gasteiger partial charge in [-0.3, -0.25) is 10.1 Å². The number of halogens is 3. The number of carbonyl (C=O) groups is 1. The third-order valence-electron chi connectivity index (χ3n) is 4.13. The fraction of sp³-hybridized carbons (Fsp3) is 0.400. The van der Waals surface area contributed by atoms with Gasteiger partial charge in [0.05, 0.1) is 12.1 Å². The number of nitrogens with one attached hydrogen (secondary N) is 2. The quantitative estimate of drug-likeness (QED) is 0.657. The molecule has 2 N–H and O–H groups in total. The average Bonchev–Trinajstić information content (AvgIpc) is 2.69. The fourth-order valence-electron chi connectivity index (χ4n) is 2.83. The summed E-state index contributed by atoms with van der Waals surface area (Å²) < 4.78 is 41.3. The van der Waals surface area contributed by atoms with E-state index in [9.17, 15) is 18.0 Å². The minimum absolute atomic E-state index is 0.0215. The molecule has 2 unspecified atom stereocenters. The standard InChI is InChI=1S/C20H22F3N5O/c1-13(2)12-16(19(29)27-11-8-24)28-17(20(21,22)23)14-4-6-15(7-5-14)18-25-9-3-10-26-18/h3-7,9-10,13,16-17,28H,11-12H2,1-2H3,(H,27,29). The number of benzene rings is 1. The lowest BCUT2D eigenvalue weighted by Crippen LogP contribution is -2.49. The number of amides is 1. The highest BCUT2D eigenvalue weighted by molar-refractivity contribution is 5.82. The fourth-order valence-corrected chi connectivity index (χ4v) is 2.83. The second kappa shape index (κ2) is 9.98. The number of carbonyl (C=O) groups excluding carboxylic acids is 1. The summed E-state index contributed by atoms with van der Waals surface area (Å²) in [6.45, 7) is 3.35. The van der Waals surface area contributed by atoms with Gasteiger partial charge in [0, 0.05) is 18.0 Å². The van der Waals surface area contributed by atoms with Gasteiger partial charge >= 0.3 is 6.18 Å². The minimum Gasteiger partial charge on any atom is -0.342 e. The van der Waals surface area contributed by atoms with E-state index in [4.69, 9.17) is 5.26 Å². The molecule has 0 aliphatic carbocycles. The van der Waals surface area contributed by atoms with Crippen LogP contribution in [0.3, 0.4) is 0 Å². The van der Waals surface area contributed by atoms with Crippen molar-refractivity contribution < 1.29 is 18.0 Å². The SMILES string of the molecule is CC(C)CC(NC(c1ccc(-c2ncccn2)cc1)C(F)(F)F)C(=O)NCC#N. The highest BCUT2D eigenvalue weighted by atomic mass is 19.4. The van der Waals surface area contributed by atoms with Crippen LogP contribution in [0.4, 0.5) is 13.2 Å². The number of hydrogen-bond donors (Lipinski definition) is 2. The van der Waals surface area contributed by atoms with Crippen LogP contribution in [0, 0.1) is 17.2 Å². The summed E-state index contributed by atoms with van der Waals surface area (Å²) in [5, 5.41) is 13.4. The van der Waals surface area contributed by atoms with Crippen LogP contribution in [-0.4, -0.2) is 34.6 Å². The smallest absolute Gasteiger partial charge is 0.342 e. The van der Waals surface area contributed by atoms with Gasteiger partial charge in [0.1, 0.15) is 12.6 Å². The third-order valence-corrected chi connectivity index (χ3v) is 4.13. The normalized spacial score (nSPS) is 13.6. The van der Waals surface area contributed by atoms with E-state index in [1.165, 1.54) is 24.3 Å². The van der Waals surface area contributed by atoms with Crippen molar-refractivity contribution in [3.8, 4) is 17.5 Å². The summed E-state index contributed by atoms with van der Waals surface area (Å²) in [6, 6.07) is 5.98. The lowest BCUT2D eigenvalue weighted by molar-refractivity contribution is -0.161. The van der Waals surface area contributed by atoms with Crippen LogP contribution >= 0.6 is 0 Å². The van der Waals surface area contributed by atoms with Gasteiger partial charge in [-0.25, -0.2) is 9.97 Å². The monoisotopic (exact) mass is 405 g/mol. The van der Waals surface area contributed by atoms with Gasteiger partial charge in [0.25, 0.3) is 0 Å². The first-order valence-electron chi connectivity index (χ1n) is 9.07. The van der Waals surface area contributed by atoms with Crippen LogP contribution in [0.5, 0.6) is 0 Å². The third kappa shape index (κ3) is 6.54. The van der Waals surface area contributed by atoms with E-state index in [2.05, 4.69) is 20.6 Å². The van der Waals surface area contributed by atoms with Crippen molar-refractivity contribution in [1.82, 2.24) is 20.6 Å². The molecular weight excluding hydrogens is 383 g/mol. The minimum atomic E-state index is -4.62. The molecule has 29 heavy (non-hydrogen) atoms. The molecule has 2 atom stereocenters. The molecule has 1 aromatic carbocycles. The van der Waals surface area contributed by atoms with Crippen molar-refractivity contribution in [3.05, 3.63) is 48.3 Å². The Morgan fingerprint density at radius 1 is 1.17 bits per heavy atom. The van der Waals surface area contributed by atoms with Gasteiger partial charge in [-0.2, -0.15) is 18.4 Å². The maximum Gasteiger partial charge on any atom is 0.407 e. The highest BCUT2D eigenvalue weighted by Crippen LogP contribution is 2.34. The molecule has 0 saturated heterocycles.